The van der Waals surface area contributed by atoms with Crippen LogP contribution in [0.4, 0.5) is 13.2 Å². The standard InChI is InChI=1S/C11H11F3N4O/c12-11(13,14)9(19)7(6-15)10-17-16-8-4-2-1-3-5-18(8)10/h19H,1-5H2. The van der Waals surface area contributed by atoms with Gasteiger partial charge in [0.1, 0.15) is 17.5 Å². The molecule has 2 rings (SSSR count). The Morgan fingerprint density at radius 3 is 2.63 bits per heavy atom. The number of hydrogen-bond donors (Lipinski definition) is 1. The maximum absolute atomic E-state index is 12.5. The fraction of sp³-hybridized carbons (Fsp3) is 0.545. The van der Waals surface area contributed by atoms with Gasteiger partial charge in [0.25, 0.3) is 0 Å². The van der Waals surface area contributed by atoms with Crippen LogP contribution in [0.3, 0.4) is 0 Å². The largest absolute Gasteiger partial charge is 0.503 e. The van der Waals surface area contributed by atoms with Crippen molar-refractivity contribution in [1.29, 1.82) is 5.26 Å². The van der Waals surface area contributed by atoms with Crippen LogP contribution in [-0.2, 0) is 13.0 Å². The van der Waals surface area contributed by atoms with E-state index in [2.05, 4.69) is 10.2 Å². The van der Waals surface area contributed by atoms with E-state index in [9.17, 15) is 13.2 Å². The van der Waals surface area contributed by atoms with Gasteiger partial charge in [-0.1, -0.05) is 6.42 Å². The van der Waals surface area contributed by atoms with Crippen molar-refractivity contribution in [3.63, 3.8) is 0 Å². The lowest BCUT2D eigenvalue weighted by molar-refractivity contribution is -0.119. The molecule has 0 amide bonds. The molecule has 0 saturated heterocycles. The highest BCUT2D eigenvalue weighted by Crippen LogP contribution is 2.30. The number of allylic oxidation sites excluding steroid dienone is 2. The Bertz CT molecular complexity index is 553. The number of rotatable bonds is 1. The van der Waals surface area contributed by atoms with E-state index in [0.29, 0.717) is 18.8 Å². The fourth-order valence-corrected chi connectivity index (χ4v) is 2.02. The number of halogens is 3. The summed E-state index contributed by atoms with van der Waals surface area (Å²) in [6.07, 6.45) is -1.75. The number of nitrogens with zero attached hydrogens (tertiary/aromatic N) is 4. The Balaban J connectivity index is 2.52. The van der Waals surface area contributed by atoms with E-state index in [1.807, 2.05) is 0 Å². The molecule has 0 fully saturated rings. The average molecular weight is 272 g/mol. The first-order chi connectivity index (χ1) is 8.95. The van der Waals surface area contributed by atoms with Crippen molar-refractivity contribution in [2.24, 2.45) is 0 Å². The van der Waals surface area contributed by atoms with Crippen molar-refractivity contribution in [3.8, 4) is 6.07 Å². The summed E-state index contributed by atoms with van der Waals surface area (Å²) in [5, 5.41) is 25.4. The summed E-state index contributed by atoms with van der Waals surface area (Å²) in [4.78, 5) is 0. The molecule has 0 unspecified atom stereocenters. The SMILES string of the molecule is N#CC(=C(O)C(F)(F)F)c1nnc2n1CCCCC2. The van der Waals surface area contributed by atoms with Crippen molar-refractivity contribution in [2.45, 2.75) is 38.4 Å². The smallest absolute Gasteiger partial charge is 0.450 e. The van der Waals surface area contributed by atoms with Crippen molar-refractivity contribution in [3.05, 3.63) is 17.4 Å². The van der Waals surface area contributed by atoms with E-state index in [4.69, 9.17) is 10.4 Å². The third-order valence-corrected chi connectivity index (χ3v) is 2.95. The van der Waals surface area contributed by atoms with Crippen LogP contribution in [0.25, 0.3) is 5.57 Å². The second kappa shape index (κ2) is 4.91. The van der Waals surface area contributed by atoms with E-state index >= 15 is 0 Å². The maximum Gasteiger partial charge on any atom is 0.450 e. The van der Waals surface area contributed by atoms with Crippen molar-refractivity contribution in [2.75, 3.05) is 0 Å². The van der Waals surface area contributed by atoms with Gasteiger partial charge < -0.3 is 9.67 Å². The molecule has 0 aliphatic carbocycles. The lowest BCUT2D eigenvalue weighted by Gasteiger charge is -2.09. The molecule has 0 saturated carbocycles. The zero-order chi connectivity index (χ0) is 14.0. The van der Waals surface area contributed by atoms with Gasteiger partial charge in [0, 0.05) is 13.0 Å². The molecule has 1 N–H and O–H groups in total. The molecule has 1 aliphatic heterocycles. The minimum absolute atomic E-state index is 0.214. The number of nitriles is 1. The molecule has 19 heavy (non-hydrogen) atoms. The van der Waals surface area contributed by atoms with Gasteiger partial charge in [-0.15, -0.1) is 10.2 Å². The second-order valence-corrected chi connectivity index (χ2v) is 4.24. The summed E-state index contributed by atoms with van der Waals surface area (Å²) in [5.74, 6) is -1.58. The first-order valence-electron chi connectivity index (χ1n) is 5.78. The van der Waals surface area contributed by atoms with Crippen molar-refractivity contribution in [1.82, 2.24) is 14.8 Å². The topological polar surface area (TPSA) is 74.7 Å². The molecule has 1 aromatic heterocycles. The van der Waals surface area contributed by atoms with E-state index in [0.717, 1.165) is 19.3 Å². The van der Waals surface area contributed by atoms with E-state index < -0.39 is 17.5 Å². The van der Waals surface area contributed by atoms with Crippen LogP contribution in [0.15, 0.2) is 5.76 Å². The number of alkyl halides is 3. The molecule has 5 nitrogen and oxygen atoms in total. The maximum atomic E-state index is 12.5. The normalized spacial score (nSPS) is 17.2. The quantitative estimate of drug-likeness (QED) is 0.629. The van der Waals surface area contributed by atoms with Crippen molar-refractivity contribution < 1.29 is 18.3 Å². The van der Waals surface area contributed by atoms with Gasteiger partial charge in [0.05, 0.1) is 0 Å². The number of aliphatic hydroxyl groups excluding tert-OH is 1. The van der Waals surface area contributed by atoms with Crippen LogP contribution in [0, 0.1) is 11.3 Å². The van der Waals surface area contributed by atoms with Crippen LogP contribution in [0.2, 0.25) is 0 Å². The average Bonchev–Trinajstić information content (AvgIpc) is 2.59. The molecule has 0 spiro atoms. The number of hydrogen-bond acceptors (Lipinski definition) is 4. The van der Waals surface area contributed by atoms with Gasteiger partial charge in [0.15, 0.2) is 5.82 Å². The number of aromatic nitrogens is 3. The van der Waals surface area contributed by atoms with E-state index in [-0.39, 0.29) is 5.82 Å². The van der Waals surface area contributed by atoms with E-state index in [1.165, 1.54) is 10.6 Å². The van der Waals surface area contributed by atoms with Crippen LogP contribution in [-0.4, -0.2) is 26.0 Å². The molecule has 1 aromatic rings. The Labute approximate surface area is 107 Å². The minimum atomic E-state index is -4.97. The second-order valence-electron chi connectivity index (χ2n) is 4.24. The molecule has 0 atom stereocenters. The fourth-order valence-electron chi connectivity index (χ4n) is 2.02. The summed E-state index contributed by atoms with van der Waals surface area (Å²) < 4.78 is 38.9. The highest BCUT2D eigenvalue weighted by Gasteiger charge is 2.38. The Morgan fingerprint density at radius 1 is 1.26 bits per heavy atom. The Kier molecular flexibility index (Phi) is 3.46. The number of fused-ring (bicyclic) bond motifs is 1. The van der Waals surface area contributed by atoms with Crippen molar-refractivity contribution >= 4 is 5.57 Å². The summed E-state index contributed by atoms with van der Waals surface area (Å²) >= 11 is 0. The Hall–Kier alpha value is -2.04. The minimum Gasteiger partial charge on any atom is -0.503 e. The molecule has 1 aliphatic rings. The van der Waals surface area contributed by atoms with Gasteiger partial charge >= 0.3 is 6.18 Å². The van der Waals surface area contributed by atoms with Gasteiger partial charge in [-0.2, -0.15) is 18.4 Å². The number of aryl methyl sites for hydroxylation is 1. The molecule has 0 radical (unpaired) electrons. The summed E-state index contributed by atoms with van der Waals surface area (Å²) in [6.45, 7) is 0.452. The van der Waals surface area contributed by atoms with Gasteiger partial charge in [0.2, 0.25) is 5.76 Å². The van der Waals surface area contributed by atoms with Crippen LogP contribution in [0.1, 0.15) is 30.9 Å². The molecule has 0 aromatic carbocycles. The summed E-state index contributed by atoms with van der Waals surface area (Å²) in [7, 11) is 0. The van der Waals surface area contributed by atoms with Gasteiger partial charge in [-0.05, 0) is 12.8 Å². The molecule has 0 bridgehead atoms. The third-order valence-electron chi connectivity index (χ3n) is 2.95. The molecule has 2 heterocycles. The highest BCUT2D eigenvalue weighted by atomic mass is 19.4. The molecule has 102 valence electrons. The molecule has 8 heteroatoms. The first-order valence-corrected chi connectivity index (χ1v) is 5.78. The summed E-state index contributed by atoms with van der Waals surface area (Å²) in [5.41, 5.74) is -0.881. The van der Waals surface area contributed by atoms with Gasteiger partial charge in [-0.25, -0.2) is 0 Å². The monoisotopic (exact) mass is 272 g/mol. The zero-order valence-electron chi connectivity index (χ0n) is 9.91. The van der Waals surface area contributed by atoms with Crippen LogP contribution < -0.4 is 0 Å². The lowest BCUT2D eigenvalue weighted by Crippen LogP contribution is -2.15. The Morgan fingerprint density at radius 2 is 2.00 bits per heavy atom. The molecular weight excluding hydrogens is 261 g/mol. The summed E-state index contributed by atoms with van der Waals surface area (Å²) in [6, 6.07) is 1.37. The highest BCUT2D eigenvalue weighted by molar-refractivity contribution is 5.75. The van der Waals surface area contributed by atoms with Crippen LogP contribution >= 0.6 is 0 Å². The van der Waals surface area contributed by atoms with Gasteiger partial charge in [-0.3, -0.25) is 0 Å². The number of aliphatic hydroxyl groups is 1. The lowest BCUT2D eigenvalue weighted by atomic mass is 10.2. The predicted octanol–water partition coefficient (Wildman–Crippen LogP) is 2.36. The zero-order valence-corrected chi connectivity index (χ0v) is 9.91. The predicted molar refractivity (Wildman–Crippen MR) is 58.8 cm³/mol. The first kappa shape index (κ1) is 13.4. The van der Waals surface area contributed by atoms with E-state index in [1.54, 1.807) is 0 Å². The third kappa shape index (κ3) is 2.54. The van der Waals surface area contributed by atoms with Crippen LogP contribution in [0.5, 0.6) is 0 Å². The molecular formula is C11H11F3N4O.